The number of nitrogens with zero attached hydrogens (tertiary/aromatic N) is 9. The van der Waals surface area contributed by atoms with E-state index in [1.807, 2.05) is 21.3 Å². The van der Waals surface area contributed by atoms with Crippen LogP contribution in [0.15, 0.2) is 67.8 Å². The van der Waals surface area contributed by atoms with Crippen molar-refractivity contribution in [2.45, 2.75) is 152 Å². The predicted molar refractivity (Wildman–Crippen MR) is 326 cm³/mol. The highest BCUT2D eigenvalue weighted by Gasteiger charge is 2.69. The molecular weight excluding hydrogens is 1470 g/mol. The van der Waals surface area contributed by atoms with E-state index in [9.17, 15) is 105 Å². The van der Waals surface area contributed by atoms with Crippen LogP contribution in [0.4, 0.5) is 92.9 Å². The highest BCUT2D eigenvalue weighted by Crippen LogP contribution is 2.54. The SMILES string of the molecule is CC[C@@H]1O[C@H](C(F)(F)F)CN2c3ccc(-c4nnc(C(F)(F)F)o4)cc3CC3(C(=O)NC(=O)NC3=O)[C@@H]12.CC[C@@H]1O[C@H](C(F)(F)F)CN2c3ccc(-c4nnc(C(F)F)o4)cc3CC3(C(=O)NC(=O)NC3=O)[C@@H]12.CC[C@@H]1O[C@H](C(F)(F)F)CN2c3ccc(-c4nnc(C)o4)cc3CC3(C(=O)NC(=O)NC3=O)[C@@H]12. The van der Waals surface area contributed by atoms with Gasteiger partial charge in [0.15, 0.2) is 34.6 Å². The first-order valence-electron chi connectivity index (χ1n) is 32.4. The van der Waals surface area contributed by atoms with E-state index in [-0.39, 0.29) is 83.9 Å². The molecule has 6 N–H and O–H groups in total. The summed E-state index contributed by atoms with van der Waals surface area (Å²) >= 11 is 0. The molecule has 570 valence electrons. The lowest BCUT2D eigenvalue weighted by Gasteiger charge is -2.56. The van der Waals surface area contributed by atoms with Crippen LogP contribution in [-0.2, 0) is 68.4 Å². The van der Waals surface area contributed by atoms with Crippen molar-refractivity contribution in [2.75, 3.05) is 34.3 Å². The first kappa shape index (κ1) is 74.5. The first-order valence-corrected chi connectivity index (χ1v) is 32.4. The van der Waals surface area contributed by atoms with Crippen LogP contribution in [0.3, 0.4) is 0 Å². The molecular formula is C63H55F14N15O15. The summed E-state index contributed by atoms with van der Waals surface area (Å²) in [6.07, 6.45) is -32.9. The number of alkyl halides is 14. The number of carbonyl (C=O) groups excluding carboxylic acids is 9. The van der Waals surface area contributed by atoms with Crippen LogP contribution in [0.5, 0.6) is 0 Å². The number of hydrogen-bond donors (Lipinski definition) is 6. The number of morpholine rings is 3. The van der Waals surface area contributed by atoms with Gasteiger partial charge in [-0.15, -0.1) is 30.6 Å². The number of benzene rings is 3. The van der Waals surface area contributed by atoms with Crippen molar-refractivity contribution in [1.29, 1.82) is 0 Å². The molecule has 9 atom stereocenters. The molecule has 0 unspecified atom stereocenters. The second-order valence-corrected chi connectivity index (χ2v) is 26.1. The molecule has 6 aromatic rings. The third-order valence-electron chi connectivity index (χ3n) is 19.9. The Labute approximate surface area is 589 Å². The van der Waals surface area contributed by atoms with Gasteiger partial charge in [-0.25, -0.2) is 14.4 Å². The summed E-state index contributed by atoms with van der Waals surface area (Å²) in [5, 5.41) is 33.2. The molecule has 12 amide bonds. The van der Waals surface area contributed by atoms with E-state index in [4.69, 9.17) is 23.0 Å². The Hall–Kier alpha value is -10.8. The highest BCUT2D eigenvalue weighted by molar-refractivity contribution is 6.22. The molecule has 12 heterocycles. The topological polar surface area (TPSA) is 380 Å². The van der Waals surface area contributed by atoms with Gasteiger partial charge in [0.1, 0.15) is 0 Å². The second kappa shape index (κ2) is 26.6. The zero-order valence-corrected chi connectivity index (χ0v) is 55.3. The number of aryl methyl sites for hydroxylation is 1. The molecule has 6 fully saturated rings. The monoisotopic (exact) mass is 1530 g/mol. The van der Waals surface area contributed by atoms with Gasteiger partial charge in [0.05, 0.1) is 56.1 Å². The van der Waals surface area contributed by atoms with Crippen LogP contribution in [0, 0.1) is 23.2 Å². The van der Waals surface area contributed by atoms with Crippen LogP contribution in [0.2, 0.25) is 0 Å². The molecule has 9 aliphatic rings. The lowest BCUT2D eigenvalue weighted by atomic mass is 9.66. The van der Waals surface area contributed by atoms with Gasteiger partial charge in [-0.3, -0.25) is 60.7 Å². The number of halogens is 14. The Balaban J connectivity index is 0.000000142. The fourth-order valence-electron chi connectivity index (χ4n) is 15.4. The summed E-state index contributed by atoms with van der Waals surface area (Å²) < 4.78 is 219. The van der Waals surface area contributed by atoms with Crippen LogP contribution < -0.4 is 46.6 Å². The van der Waals surface area contributed by atoms with Gasteiger partial charge in [0.25, 0.3) is 5.89 Å². The number of hydrogen-bond acceptors (Lipinski definition) is 24. The van der Waals surface area contributed by atoms with Gasteiger partial charge in [-0.05, 0) is 110 Å². The van der Waals surface area contributed by atoms with E-state index < -0.39 is 193 Å². The smallest absolute Gasteiger partial charge is 0.421 e. The minimum Gasteiger partial charge on any atom is -0.421 e. The number of amides is 12. The Morgan fingerprint density at radius 3 is 0.991 bits per heavy atom. The van der Waals surface area contributed by atoms with Crippen molar-refractivity contribution in [1.82, 2.24) is 62.5 Å². The summed E-state index contributed by atoms with van der Waals surface area (Å²) in [5.41, 5.74) is -3.60. The number of nitrogens with one attached hydrogen (secondary N) is 6. The lowest BCUT2D eigenvalue weighted by Crippen LogP contribution is -2.76. The Morgan fingerprint density at radius 2 is 0.729 bits per heavy atom. The summed E-state index contributed by atoms with van der Waals surface area (Å²) in [5.74, 6) is -8.61. The van der Waals surface area contributed by atoms with Gasteiger partial charge < -0.3 is 42.2 Å². The highest BCUT2D eigenvalue weighted by atomic mass is 19.4. The Kier molecular flexibility index (Phi) is 18.5. The molecule has 15 rings (SSSR count). The molecule has 0 aliphatic carbocycles. The lowest BCUT2D eigenvalue weighted by molar-refractivity contribution is -0.245. The summed E-state index contributed by atoms with van der Waals surface area (Å²) in [7, 11) is 0. The average Bonchev–Trinajstić information content (AvgIpc) is 1.38. The molecule has 9 aliphatic heterocycles. The number of anilines is 3. The van der Waals surface area contributed by atoms with Crippen molar-refractivity contribution < 1.29 is 132 Å². The standard InChI is InChI=1S/C21H17F6N5O5.C21H18F5N5O5.C21H20F3N5O5/c1-2-11-13-19(15(33)28-18(35)29-16(19)34)6-9-5-8(14-30-31-17(37-14)21(25,26)27)3-4-10(9)32(13)7-12(36-11)20(22,23)24;1-2-11-13-20(17(32)27-19(34)28-18(20)33)6-9-5-8(15-29-30-16(36-15)14(22)23)3-4-10(9)31(13)7-12(35-11)21(24,25)26;1-3-13-15-20(17(30)25-19(32)26-18(20)31)7-11-6-10(16-28-27-9(2)33-16)4-5-12(11)29(15)8-14(34-13)21(22,23)24/h3-5,11-13H,2,6-7H2,1H3,(H2,28,29,33,34,35);3-5,11-14H,2,6-7H2,1H3,(H2,27,28,32,33,34);4-6,13-15H,3,7-8H2,1-2H3,(H2,25,26,30,31,32)/t2*11-,12-,13+;13-,14-,15+/m000/s1. The van der Waals surface area contributed by atoms with E-state index in [0.717, 1.165) is 0 Å². The predicted octanol–water partition coefficient (Wildman–Crippen LogP) is 6.94. The average molecular weight is 1530 g/mol. The summed E-state index contributed by atoms with van der Waals surface area (Å²) in [6.45, 7) is 4.22. The third kappa shape index (κ3) is 12.8. The first-order chi connectivity index (χ1) is 50.2. The molecule has 30 nitrogen and oxygen atoms in total. The number of fused-ring (bicyclic) bond motifs is 12. The van der Waals surface area contributed by atoms with Crippen molar-refractivity contribution in [3.8, 4) is 34.4 Å². The molecule has 44 heteroatoms. The van der Waals surface area contributed by atoms with Crippen molar-refractivity contribution >= 4 is 70.6 Å². The number of ether oxygens (including phenoxy) is 3. The maximum atomic E-state index is 13.7. The van der Waals surface area contributed by atoms with Crippen molar-refractivity contribution in [3.63, 3.8) is 0 Å². The number of barbiturate groups is 3. The van der Waals surface area contributed by atoms with Crippen LogP contribution >= 0.6 is 0 Å². The number of aromatic nitrogens is 6. The molecule has 0 bridgehead atoms. The number of rotatable bonds is 7. The zero-order valence-electron chi connectivity index (χ0n) is 55.3. The van der Waals surface area contributed by atoms with Crippen molar-refractivity contribution in [3.05, 3.63) is 89.0 Å². The van der Waals surface area contributed by atoms with Gasteiger partial charge in [-0.2, -0.15) is 61.5 Å². The zero-order chi connectivity index (χ0) is 77.3. The normalized spacial score (nSPS) is 25.7. The molecule has 3 aromatic carbocycles. The fraction of sp³-hybridized carbons (Fsp3) is 0.476. The van der Waals surface area contributed by atoms with E-state index in [1.54, 1.807) is 39.0 Å². The Bertz CT molecular complexity index is 4580. The number of urea groups is 3. The van der Waals surface area contributed by atoms with Crippen LogP contribution in [-0.4, -0.2) is 177 Å². The molecule has 0 saturated carbocycles. The van der Waals surface area contributed by atoms with Gasteiger partial charge >= 0.3 is 55.1 Å². The minimum atomic E-state index is -4.91. The third-order valence-corrected chi connectivity index (χ3v) is 19.9. The van der Waals surface area contributed by atoms with Gasteiger partial charge in [0.2, 0.25) is 59.0 Å². The minimum absolute atomic E-state index is 0.000373. The molecule has 6 saturated heterocycles. The summed E-state index contributed by atoms with van der Waals surface area (Å²) in [6, 6.07) is 6.39. The second-order valence-electron chi connectivity index (χ2n) is 26.1. The number of carbonyl (C=O) groups is 9. The quantitative estimate of drug-likeness (QED) is 0.0695. The largest absolute Gasteiger partial charge is 0.470 e. The molecule has 3 spiro atoms. The Morgan fingerprint density at radius 1 is 0.430 bits per heavy atom. The molecule has 0 radical (unpaired) electrons. The van der Waals surface area contributed by atoms with Crippen LogP contribution in [0.25, 0.3) is 34.4 Å². The van der Waals surface area contributed by atoms with E-state index >= 15 is 0 Å². The maximum absolute atomic E-state index is 13.7. The van der Waals surface area contributed by atoms with E-state index in [2.05, 4.69) is 45.6 Å². The van der Waals surface area contributed by atoms with Gasteiger partial charge in [0, 0.05) is 40.7 Å². The number of imide groups is 6. The van der Waals surface area contributed by atoms with Gasteiger partial charge in [-0.1, -0.05) is 20.8 Å². The van der Waals surface area contributed by atoms with E-state index in [0.29, 0.717) is 22.7 Å². The van der Waals surface area contributed by atoms with Crippen molar-refractivity contribution in [2.24, 2.45) is 16.2 Å². The van der Waals surface area contributed by atoms with Crippen LogP contribution in [0.1, 0.15) is 80.8 Å². The van der Waals surface area contributed by atoms with E-state index in [1.165, 1.54) is 58.0 Å². The molecule has 107 heavy (non-hydrogen) atoms. The summed E-state index contributed by atoms with van der Waals surface area (Å²) in [4.78, 5) is 119. The molecule has 3 aromatic heterocycles. The maximum Gasteiger partial charge on any atom is 0.470 e. The fourth-order valence-corrected chi connectivity index (χ4v) is 15.4.